The second-order valence-electron chi connectivity index (χ2n) is 7.62. The van der Waals surface area contributed by atoms with Gasteiger partial charge in [-0.2, -0.15) is 4.98 Å². The first-order valence-corrected chi connectivity index (χ1v) is 10.5. The Hall–Kier alpha value is -3.17. The highest BCUT2D eigenvalue weighted by atomic mass is 16.7. The molecule has 162 valence electrons. The van der Waals surface area contributed by atoms with Crippen molar-refractivity contribution in [1.82, 2.24) is 20.0 Å². The fourth-order valence-electron chi connectivity index (χ4n) is 3.97. The van der Waals surface area contributed by atoms with Gasteiger partial charge in [-0.25, -0.2) is 4.98 Å². The third kappa shape index (κ3) is 4.33. The molecule has 0 bridgehead atoms. The number of likely N-dealkylation sites (tertiary alicyclic amines) is 1. The van der Waals surface area contributed by atoms with Gasteiger partial charge in [0.15, 0.2) is 11.5 Å². The van der Waals surface area contributed by atoms with Crippen LogP contribution in [0.15, 0.2) is 41.1 Å². The van der Waals surface area contributed by atoms with Crippen LogP contribution in [-0.4, -0.2) is 53.6 Å². The van der Waals surface area contributed by atoms with Crippen LogP contribution >= 0.6 is 0 Å². The fourth-order valence-corrected chi connectivity index (χ4v) is 3.97. The molecular weight excluding hydrogens is 398 g/mol. The molecule has 1 fully saturated rings. The summed E-state index contributed by atoms with van der Waals surface area (Å²) < 4.78 is 21.6. The maximum absolute atomic E-state index is 5.65. The molecule has 0 radical (unpaired) electrons. The van der Waals surface area contributed by atoms with Gasteiger partial charge in [0, 0.05) is 32.0 Å². The maximum atomic E-state index is 5.65. The van der Waals surface area contributed by atoms with Crippen LogP contribution in [0.4, 0.5) is 5.82 Å². The number of ether oxygens (including phenoxy) is 3. The summed E-state index contributed by atoms with van der Waals surface area (Å²) in [6.45, 7) is 3.40. The third-order valence-corrected chi connectivity index (χ3v) is 5.55. The second kappa shape index (κ2) is 8.91. The SMILES string of the molecule is COCCNc1ccc(-c2noc(C3CCCN3Cc3ccc4c(c3)OCO4)n2)cn1. The average Bonchev–Trinajstić information content (AvgIpc) is 3.55. The van der Waals surface area contributed by atoms with E-state index in [1.807, 2.05) is 24.3 Å². The van der Waals surface area contributed by atoms with Crippen molar-refractivity contribution in [2.75, 3.05) is 38.9 Å². The molecule has 0 amide bonds. The average molecular weight is 423 g/mol. The molecule has 1 aromatic carbocycles. The number of methoxy groups -OCH3 is 1. The Morgan fingerprint density at radius 1 is 1.19 bits per heavy atom. The van der Waals surface area contributed by atoms with Crippen LogP contribution in [0.3, 0.4) is 0 Å². The Balaban J connectivity index is 1.26. The lowest BCUT2D eigenvalue weighted by Crippen LogP contribution is -2.23. The number of anilines is 1. The van der Waals surface area contributed by atoms with E-state index >= 15 is 0 Å². The van der Waals surface area contributed by atoms with Crippen LogP contribution in [0.2, 0.25) is 0 Å². The Labute approximate surface area is 180 Å². The summed E-state index contributed by atoms with van der Waals surface area (Å²) >= 11 is 0. The quantitative estimate of drug-likeness (QED) is 0.548. The molecule has 2 aliphatic rings. The van der Waals surface area contributed by atoms with Crippen LogP contribution in [0, 0.1) is 0 Å². The molecule has 0 spiro atoms. The predicted molar refractivity (Wildman–Crippen MR) is 113 cm³/mol. The highest BCUT2D eigenvalue weighted by Crippen LogP contribution is 2.36. The molecule has 0 saturated carbocycles. The van der Waals surface area contributed by atoms with E-state index in [0.29, 0.717) is 24.9 Å². The minimum absolute atomic E-state index is 0.106. The lowest BCUT2D eigenvalue weighted by molar-refractivity contribution is 0.173. The molecule has 1 atom stereocenters. The molecular formula is C22H25N5O4. The number of hydrogen-bond donors (Lipinski definition) is 1. The van der Waals surface area contributed by atoms with Gasteiger partial charge in [-0.05, 0) is 49.2 Å². The Bertz CT molecular complexity index is 1020. The second-order valence-corrected chi connectivity index (χ2v) is 7.62. The van der Waals surface area contributed by atoms with Crippen molar-refractivity contribution in [1.29, 1.82) is 0 Å². The van der Waals surface area contributed by atoms with Gasteiger partial charge in [-0.3, -0.25) is 4.90 Å². The number of pyridine rings is 1. The molecule has 31 heavy (non-hydrogen) atoms. The first-order chi connectivity index (χ1) is 15.3. The Kier molecular flexibility index (Phi) is 5.68. The molecule has 1 N–H and O–H groups in total. The van der Waals surface area contributed by atoms with Crippen molar-refractivity contribution >= 4 is 5.82 Å². The van der Waals surface area contributed by atoms with Crippen molar-refractivity contribution in [3.05, 3.63) is 48.0 Å². The van der Waals surface area contributed by atoms with Gasteiger partial charge in [0.2, 0.25) is 18.5 Å². The van der Waals surface area contributed by atoms with Crippen molar-refractivity contribution < 1.29 is 18.7 Å². The van der Waals surface area contributed by atoms with Gasteiger partial charge < -0.3 is 24.1 Å². The fraction of sp³-hybridized carbons (Fsp3) is 0.409. The van der Waals surface area contributed by atoms with Crippen molar-refractivity contribution in [2.45, 2.75) is 25.4 Å². The van der Waals surface area contributed by atoms with Crippen LogP contribution in [0.25, 0.3) is 11.4 Å². The zero-order valence-electron chi connectivity index (χ0n) is 17.4. The highest BCUT2D eigenvalue weighted by Gasteiger charge is 2.31. The number of benzene rings is 1. The zero-order chi connectivity index (χ0) is 21.0. The van der Waals surface area contributed by atoms with E-state index in [9.17, 15) is 0 Å². The first-order valence-electron chi connectivity index (χ1n) is 10.5. The van der Waals surface area contributed by atoms with Crippen LogP contribution < -0.4 is 14.8 Å². The van der Waals surface area contributed by atoms with E-state index in [2.05, 4.69) is 31.4 Å². The van der Waals surface area contributed by atoms with E-state index in [0.717, 1.165) is 48.8 Å². The largest absolute Gasteiger partial charge is 0.454 e. The lowest BCUT2D eigenvalue weighted by atomic mass is 10.1. The molecule has 2 aromatic heterocycles. The smallest absolute Gasteiger partial charge is 0.244 e. The van der Waals surface area contributed by atoms with Gasteiger partial charge in [-0.1, -0.05) is 11.2 Å². The van der Waals surface area contributed by atoms with Gasteiger partial charge in [0.25, 0.3) is 0 Å². The van der Waals surface area contributed by atoms with Gasteiger partial charge in [0.1, 0.15) is 5.82 Å². The molecule has 4 heterocycles. The summed E-state index contributed by atoms with van der Waals surface area (Å²) in [5, 5.41) is 7.39. The van der Waals surface area contributed by atoms with Crippen LogP contribution in [0.5, 0.6) is 11.5 Å². The summed E-state index contributed by atoms with van der Waals surface area (Å²) in [6, 6.07) is 10.0. The number of rotatable bonds is 8. The third-order valence-electron chi connectivity index (χ3n) is 5.55. The molecule has 0 aliphatic carbocycles. The summed E-state index contributed by atoms with van der Waals surface area (Å²) in [5.41, 5.74) is 2.00. The molecule has 1 saturated heterocycles. The minimum atomic E-state index is 0.106. The van der Waals surface area contributed by atoms with E-state index in [-0.39, 0.29) is 12.8 Å². The molecule has 9 nitrogen and oxygen atoms in total. The van der Waals surface area contributed by atoms with E-state index < -0.39 is 0 Å². The number of hydrogen-bond acceptors (Lipinski definition) is 9. The topological polar surface area (TPSA) is 94.8 Å². The van der Waals surface area contributed by atoms with Crippen molar-refractivity contribution in [3.8, 4) is 22.9 Å². The minimum Gasteiger partial charge on any atom is -0.454 e. The van der Waals surface area contributed by atoms with Crippen LogP contribution in [0.1, 0.15) is 30.3 Å². The molecule has 1 unspecified atom stereocenters. The molecule has 5 rings (SSSR count). The molecule has 9 heteroatoms. The standard InChI is InChI=1S/C22H25N5O4/c1-28-10-8-23-20-7-5-16(12-24-20)21-25-22(31-26-21)17-3-2-9-27(17)13-15-4-6-18-19(11-15)30-14-29-18/h4-7,11-12,17H,2-3,8-10,13-14H2,1H3,(H,23,24). The summed E-state index contributed by atoms with van der Waals surface area (Å²) in [7, 11) is 1.67. The predicted octanol–water partition coefficient (Wildman–Crippen LogP) is 3.26. The van der Waals surface area contributed by atoms with E-state index in [1.54, 1.807) is 13.3 Å². The normalized spacial score (nSPS) is 17.9. The number of fused-ring (bicyclic) bond motifs is 1. The van der Waals surface area contributed by atoms with Gasteiger partial charge in [-0.15, -0.1) is 0 Å². The van der Waals surface area contributed by atoms with Crippen molar-refractivity contribution in [2.24, 2.45) is 0 Å². The number of aromatic nitrogens is 3. The summed E-state index contributed by atoms with van der Waals surface area (Å²) in [6.07, 6.45) is 3.84. The molecule has 2 aliphatic heterocycles. The summed E-state index contributed by atoms with van der Waals surface area (Å²) in [4.78, 5) is 11.5. The van der Waals surface area contributed by atoms with Crippen LogP contribution in [-0.2, 0) is 11.3 Å². The monoisotopic (exact) mass is 423 g/mol. The number of nitrogens with one attached hydrogen (secondary N) is 1. The maximum Gasteiger partial charge on any atom is 0.244 e. The van der Waals surface area contributed by atoms with Crippen molar-refractivity contribution in [3.63, 3.8) is 0 Å². The highest BCUT2D eigenvalue weighted by molar-refractivity contribution is 5.55. The first kappa shape index (κ1) is 19.8. The Morgan fingerprint density at radius 2 is 2.13 bits per heavy atom. The number of nitrogens with zero attached hydrogens (tertiary/aromatic N) is 4. The van der Waals surface area contributed by atoms with Gasteiger partial charge >= 0.3 is 0 Å². The lowest BCUT2D eigenvalue weighted by Gasteiger charge is -2.21. The van der Waals surface area contributed by atoms with E-state index in [1.165, 1.54) is 5.56 Å². The van der Waals surface area contributed by atoms with Gasteiger partial charge in [0.05, 0.1) is 12.6 Å². The van der Waals surface area contributed by atoms with E-state index in [4.69, 9.17) is 18.7 Å². The summed E-state index contributed by atoms with van der Waals surface area (Å²) in [5.74, 6) is 3.60. The zero-order valence-corrected chi connectivity index (χ0v) is 17.4. The Morgan fingerprint density at radius 3 is 3.00 bits per heavy atom. The molecule has 3 aromatic rings.